The van der Waals surface area contributed by atoms with Crippen LogP contribution < -0.4 is 10.5 Å². The molecule has 2 saturated carbocycles. The minimum atomic E-state index is -3.31. The normalized spacial score (nSPS) is 21.7. The highest BCUT2D eigenvalue weighted by molar-refractivity contribution is 8.09. The van der Waals surface area contributed by atoms with E-state index in [4.69, 9.17) is 21.2 Å². The third-order valence-corrected chi connectivity index (χ3v) is 12.1. The highest BCUT2D eigenvalue weighted by atomic mass is 35.7. The topological polar surface area (TPSA) is 145 Å². The Hall–Kier alpha value is -0.500. The van der Waals surface area contributed by atoms with E-state index in [0.717, 1.165) is 25.7 Å². The molecule has 2 aliphatic carbocycles. The van der Waals surface area contributed by atoms with Crippen molar-refractivity contribution in [2.24, 2.45) is 17.6 Å². The molecule has 2 fully saturated rings. The Kier molecular flexibility index (Phi) is 32.6. The number of carbonyl (C=O) groups is 2. The summed E-state index contributed by atoms with van der Waals surface area (Å²) in [5.41, 5.74) is 5.69. The van der Waals surface area contributed by atoms with Crippen LogP contribution in [-0.4, -0.2) is 84.9 Å². The van der Waals surface area contributed by atoms with Gasteiger partial charge in [-0.15, -0.1) is 12.4 Å². The zero-order chi connectivity index (χ0) is 34.0. The molecule has 0 spiro atoms. The zero-order valence-electron chi connectivity index (χ0n) is 29.1. The molecule has 2 rings (SSSR count). The summed E-state index contributed by atoms with van der Waals surface area (Å²) in [5, 5.41) is 0. The van der Waals surface area contributed by atoms with Gasteiger partial charge < -0.3 is 20.1 Å². The Labute approximate surface area is 296 Å². The average Bonchev–Trinajstić information content (AvgIpc) is 2.93. The van der Waals surface area contributed by atoms with E-state index in [1.54, 1.807) is 20.8 Å². The zero-order valence-corrected chi connectivity index (χ0v) is 32.3. The largest absolute Gasteiger partial charge is 0.469 e. The number of hydrogen-bond donors (Lipinski definition) is 2. The van der Waals surface area contributed by atoms with Crippen LogP contribution in [0, 0.1) is 11.8 Å². The monoisotopic (exact) mass is 743 g/mol. The predicted molar refractivity (Wildman–Crippen MR) is 199 cm³/mol. The van der Waals surface area contributed by atoms with Gasteiger partial charge in [0.2, 0.25) is 10.0 Å². The number of hydrogen-bond acceptors (Lipinski definition) is 9. The number of ether oxygens (including phenoxy) is 2. The van der Waals surface area contributed by atoms with E-state index in [2.05, 4.69) is 35.1 Å². The number of carbonyl (C=O) groups excluding carboxylic acids is 2. The lowest BCUT2D eigenvalue weighted by atomic mass is 9.86. The Balaban J connectivity index is -0.000000173. The maximum Gasteiger partial charge on any atom is 0.308 e. The lowest BCUT2D eigenvalue weighted by Crippen LogP contribution is -2.46. The van der Waals surface area contributed by atoms with Crippen molar-refractivity contribution in [2.75, 3.05) is 33.9 Å². The Morgan fingerprint density at radius 1 is 0.804 bits per heavy atom. The Morgan fingerprint density at radius 2 is 1.11 bits per heavy atom. The molecule has 0 amide bonds. The number of methoxy groups -OCH3 is 2. The molecule has 0 heterocycles. The first-order chi connectivity index (χ1) is 19.7. The van der Waals surface area contributed by atoms with Gasteiger partial charge in [-0.05, 0) is 123 Å². The van der Waals surface area contributed by atoms with Crippen LogP contribution in [0.2, 0.25) is 0 Å². The van der Waals surface area contributed by atoms with E-state index in [0.29, 0.717) is 31.7 Å². The molecule has 3 N–H and O–H groups in total. The lowest BCUT2D eigenvalue weighted by molar-refractivity contribution is -0.147. The smallest absolute Gasteiger partial charge is 0.308 e. The second-order valence-corrected chi connectivity index (χ2v) is 17.9. The van der Waals surface area contributed by atoms with Crippen molar-refractivity contribution in [3.8, 4) is 0 Å². The molecule has 0 bridgehead atoms. The fraction of sp³-hybridized carbons (Fsp3) is 0.938. The van der Waals surface area contributed by atoms with Crippen molar-refractivity contribution in [3.05, 3.63) is 0 Å². The molecule has 0 radical (unpaired) electrons. The van der Waals surface area contributed by atoms with Crippen molar-refractivity contribution < 1.29 is 31.7 Å². The van der Waals surface area contributed by atoms with Gasteiger partial charge in [0.05, 0.1) is 35.5 Å². The third-order valence-electron chi connectivity index (χ3n) is 7.52. The molecule has 282 valence electrons. The van der Waals surface area contributed by atoms with Crippen LogP contribution in [0.1, 0.15) is 129 Å². The van der Waals surface area contributed by atoms with Crippen molar-refractivity contribution in [1.29, 1.82) is 0 Å². The van der Waals surface area contributed by atoms with Gasteiger partial charge in [0, 0.05) is 12.1 Å². The number of nitrogens with one attached hydrogen (secondary N) is 1. The number of halogens is 2. The minimum absolute atomic E-state index is 0. The molecule has 1 atom stereocenters. The molecule has 0 aliphatic heterocycles. The average molecular weight is 745 g/mol. The molecule has 14 heteroatoms. The molecule has 1 unspecified atom stereocenters. The summed E-state index contributed by atoms with van der Waals surface area (Å²) in [6.07, 6.45) is 6.46. The van der Waals surface area contributed by atoms with Crippen LogP contribution in [-0.2, 0) is 39.1 Å². The summed E-state index contributed by atoms with van der Waals surface area (Å²) in [4.78, 5) is 24.7. The predicted octanol–water partition coefficient (Wildman–Crippen LogP) is 6.84. The van der Waals surface area contributed by atoms with Crippen LogP contribution in [0.25, 0.3) is 0 Å². The standard InChI is InChI=1S/C12H23NO4S.C8H15NO2.C6H15N.C4H9ClOS.2CH4.ClH/c1-12(2,3)18(15,16)13-10-7-5-9(6-8-10)11(14)17-4;1-11-8(10)6-2-4-7(9)5-3-6;1-4-7(5-2)6-3;1-4(2,3)7(5)6;;;/h9-10,13H,5-8H2,1-4H3;6-7H,2-5,9H2,1H3;4-6H2,1-3H3;1-3H3;2*1H4;1H. The molecule has 2 aliphatic rings. The van der Waals surface area contributed by atoms with E-state index in [1.807, 2.05) is 20.8 Å². The van der Waals surface area contributed by atoms with E-state index in [9.17, 15) is 22.2 Å². The Bertz CT molecular complexity index is 902. The number of nitrogens with two attached hydrogens (primary N) is 1. The van der Waals surface area contributed by atoms with Gasteiger partial charge in [0.15, 0.2) is 0 Å². The molecule has 10 nitrogen and oxygen atoms in total. The fourth-order valence-electron chi connectivity index (χ4n) is 4.20. The van der Waals surface area contributed by atoms with Gasteiger partial charge in [-0.25, -0.2) is 17.3 Å². The highest BCUT2D eigenvalue weighted by Crippen LogP contribution is 2.27. The molecule has 46 heavy (non-hydrogen) atoms. The molecule has 0 aromatic rings. The highest BCUT2D eigenvalue weighted by Gasteiger charge is 2.34. The second-order valence-electron chi connectivity index (χ2n) is 12.9. The maximum atomic E-state index is 12.0. The van der Waals surface area contributed by atoms with Crippen molar-refractivity contribution >= 4 is 55.1 Å². The van der Waals surface area contributed by atoms with Crippen LogP contribution in [0.15, 0.2) is 0 Å². The number of esters is 2. The van der Waals surface area contributed by atoms with Gasteiger partial charge in [0.25, 0.3) is 0 Å². The maximum absolute atomic E-state index is 12.0. The number of nitrogens with zero attached hydrogens (tertiary/aromatic N) is 1. The summed E-state index contributed by atoms with van der Waals surface area (Å²) in [7, 11) is 3.54. The molecule has 0 aromatic carbocycles. The van der Waals surface area contributed by atoms with E-state index < -0.39 is 24.8 Å². The van der Waals surface area contributed by atoms with Crippen molar-refractivity contribution in [1.82, 2.24) is 9.62 Å². The van der Waals surface area contributed by atoms with Crippen molar-refractivity contribution in [2.45, 2.75) is 150 Å². The Morgan fingerprint density at radius 3 is 1.33 bits per heavy atom. The fourth-order valence-corrected chi connectivity index (χ4v) is 5.23. The van der Waals surface area contributed by atoms with E-state index in [-0.39, 0.29) is 61.8 Å². The van der Waals surface area contributed by atoms with Gasteiger partial charge >= 0.3 is 11.9 Å². The van der Waals surface area contributed by atoms with Gasteiger partial charge in [-0.3, -0.25) is 9.59 Å². The van der Waals surface area contributed by atoms with Crippen LogP contribution in [0.3, 0.4) is 0 Å². The van der Waals surface area contributed by atoms with Crippen LogP contribution >= 0.6 is 23.1 Å². The molecular formula is C32H71Cl2N3O7S2. The van der Waals surface area contributed by atoms with Gasteiger partial charge in [-0.1, -0.05) is 35.6 Å². The van der Waals surface area contributed by atoms with Crippen LogP contribution in [0.4, 0.5) is 0 Å². The SMILES string of the molecule is C.C.CC(C)(C)S(=O)Cl.CCN(CC)CC.COC(=O)C1CCC(N)CC1.COC(=O)C1CCC(NS(=O)(=O)C(C)(C)C)CC1.Cl. The van der Waals surface area contributed by atoms with E-state index in [1.165, 1.54) is 33.9 Å². The van der Waals surface area contributed by atoms with Crippen LogP contribution in [0.5, 0.6) is 0 Å². The summed E-state index contributed by atoms with van der Waals surface area (Å²) in [6.45, 7) is 20.6. The first-order valence-electron chi connectivity index (χ1n) is 15.4. The summed E-state index contributed by atoms with van der Waals surface area (Å²) in [6, 6.07) is 0.242. The second kappa shape index (κ2) is 27.3. The lowest BCUT2D eigenvalue weighted by Gasteiger charge is -2.30. The molecule has 0 saturated heterocycles. The number of rotatable bonds is 7. The third kappa shape index (κ3) is 23.8. The quantitative estimate of drug-likeness (QED) is 0.211. The first kappa shape index (κ1) is 54.9. The minimum Gasteiger partial charge on any atom is -0.469 e. The molecule has 0 aromatic heterocycles. The first-order valence-corrected chi connectivity index (χ1v) is 18.9. The molecular weight excluding hydrogens is 673 g/mol. The van der Waals surface area contributed by atoms with Gasteiger partial charge in [0.1, 0.15) is 10.0 Å². The van der Waals surface area contributed by atoms with E-state index >= 15 is 0 Å². The summed E-state index contributed by atoms with van der Waals surface area (Å²) in [5.74, 6) is -0.228. The summed E-state index contributed by atoms with van der Waals surface area (Å²) >= 11 is 0. The summed E-state index contributed by atoms with van der Waals surface area (Å²) < 4.78 is 45.3. The van der Waals surface area contributed by atoms with Gasteiger partial charge in [-0.2, -0.15) is 0 Å². The van der Waals surface area contributed by atoms with Crippen molar-refractivity contribution in [3.63, 3.8) is 0 Å². The number of sulfonamides is 1.